The lowest BCUT2D eigenvalue weighted by Crippen LogP contribution is -2.17. The van der Waals surface area contributed by atoms with Gasteiger partial charge in [-0.25, -0.2) is 9.82 Å². The van der Waals surface area contributed by atoms with E-state index < -0.39 is 23.2 Å². The van der Waals surface area contributed by atoms with Gasteiger partial charge in [-0.15, -0.1) is 0 Å². The summed E-state index contributed by atoms with van der Waals surface area (Å²) in [5.74, 6) is -3.03. The molecule has 0 aromatic heterocycles. The highest BCUT2D eigenvalue weighted by molar-refractivity contribution is 5.96. The van der Waals surface area contributed by atoms with Gasteiger partial charge in [-0.1, -0.05) is 12.1 Å². The first-order valence-electron chi connectivity index (χ1n) is 5.81. The van der Waals surface area contributed by atoms with E-state index in [1.807, 2.05) is 0 Å². The van der Waals surface area contributed by atoms with Gasteiger partial charge in [-0.05, 0) is 29.8 Å². The fourth-order valence-corrected chi connectivity index (χ4v) is 1.51. The lowest BCUT2D eigenvalue weighted by Gasteiger charge is -2.04. The molecule has 21 heavy (non-hydrogen) atoms. The smallest absolute Gasteiger partial charge is 0.271 e. The minimum atomic E-state index is -0.707. The minimum absolute atomic E-state index is 0.0842. The van der Waals surface area contributed by atoms with Gasteiger partial charge in [0.05, 0.1) is 6.21 Å². The van der Waals surface area contributed by atoms with Crippen LogP contribution in [-0.2, 0) is 0 Å². The maximum Gasteiger partial charge on any atom is 0.271 e. The molecule has 0 saturated heterocycles. The molecular formula is C14H11FN2O4. The highest BCUT2D eigenvalue weighted by atomic mass is 19.1. The summed E-state index contributed by atoms with van der Waals surface area (Å²) in [6.07, 6.45) is 1.30. The predicted molar refractivity (Wildman–Crippen MR) is 72.9 cm³/mol. The molecule has 6 nitrogen and oxygen atoms in total. The Morgan fingerprint density at radius 2 is 1.67 bits per heavy atom. The monoisotopic (exact) mass is 290 g/mol. The maximum atomic E-state index is 12.7. The first kappa shape index (κ1) is 14.3. The molecule has 2 rings (SSSR count). The van der Waals surface area contributed by atoms with E-state index >= 15 is 0 Å². The summed E-state index contributed by atoms with van der Waals surface area (Å²) in [5, 5.41) is 31.4. The predicted octanol–water partition coefficient (Wildman–Crippen LogP) is 1.71. The number of hydrogen-bond acceptors (Lipinski definition) is 5. The van der Waals surface area contributed by atoms with Gasteiger partial charge in [0.25, 0.3) is 5.91 Å². The number of hydrazone groups is 1. The normalized spacial score (nSPS) is 10.7. The number of phenolic OH excluding ortho intramolecular Hbond substituents is 3. The molecule has 0 aliphatic heterocycles. The average Bonchev–Trinajstić information content (AvgIpc) is 2.46. The van der Waals surface area contributed by atoms with Gasteiger partial charge in [0.15, 0.2) is 17.2 Å². The van der Waals surface area contributed by atoms with Crippen molar-refractivity contribution in [3.63, 3.8) is 0 Å². The Kier molecular flexibility index (Phi) is 4.03. The topological polar surface area (TPSA) is 102 Å². The highest BCUT2D eigenvalue weighted by Gasteiger charge is 2.12. The highest BCUT2D eigenvalue weighted by Crippen LogP contribution is 2.35. The van der Waals surface area contributed by atoms with Gasteiger partial charge in [0, 0.05) is 5.56 Å². The molecule has 0 aliphatic carbocycles. The van der Waals surface area contributed by atoms with E-state index in [2.05, 4.69) is 10.5 Å². The number of aromatic hydroxyl groups is 3. The molecule has 0 bridgehead atoms. The SMILES string of the molecule is O=C(N/N=C/c1ccc(F)cc1)c1cc(O)c(O)c(O)c1. The van der Waals surface area contributed by atoms with Crippen LogP contribution >= 0.6 is 0 Å². The van der Waals surface area contributed by atoms with Gasteiger partial charge in [0.1, 0.15) is 5.82 Å². The molecule has 7 heteroatoms. The molecule has 4 N–H and O–H groups in total. The maximum absolute atomic E-state index is 12.7. The van der Waals surface area contributed by atoms with Crippen molar-refractivity contribution in [3.8, 4) is 17.2 Å². The number of rotatable bonds is 3. The standard InChI is InChI=1S/C14H11FN2O4/c15-10-3-1-8(2-4-10)7-16-17-14(21)9-5-11(18)13(20)12(19)6-9/h1-7,18-20H,(H,17,21)/b16-7+. The summed E-state index contributed by atoms with van der Waals surface area (Å²) in [5.41, 5.74) is 2.66. The van der Waals surface area contributed by atoms with E-state index in [0.29, 0.717) is 5.56 Å². The third kappa shape index (κ3) is 3.47. The zero-order valence-corrected chi connectivity index (χ0v) is 10.6. The molecule has 0 spiro atoms. The van der Waals surface area contributed by atoms with Crippen molar-refractivity contribution in [2.75, 3.05) is 0 Å². The molecule has 1 amide bonds. The van der Waals surface area contributed by atoms with Crippen LogP contribution in [0.3, 0.4) is 0 Å². The number of hydrogen-bond donors (Lipinski definition) is 4. The largest absolute Gasteiger partial charge is 0.504 e. The van der Waals surface area contributed by atoms with Crippen LogP contribution in [0, 0.1) is 5.82 Å². The molecule has 0 heterocycles. The molecule has 2 aromatic carbocycles. The Labute approximate surface area is 118 Å². The zero-order chi connectivity index (χ0) is 15.4. The quantitative estimate of drug-likeness (QED) is 0.392. The van der Waals surface area contributed by atoms with Crippen LogP contribution in [0.25, 0.3) is 0 Å². The Bertz CT molecular complexity index is 676. The number of carbonyl (C=O) groups is 1. The van der Waals surface area contributed by atoms with Crippen molar-refractivity contribution in [3.05, 3.63) is 53.3 Å². The van der Waals surface area contributed by atoms with Crippen LogP contribution < -0.4 is 5.43 Å². The van der Waals surface area contributed by atoms with Crippen molar-refractivity contribution >= 4 is 12.1 Å². The van der Waals surface area contributed by atoms with E-state index in [-0.39, 0.29) is 11.4 Å². The molecule has 0 atom stereocenters. The fraction of sp³-hybridized carbons (Fsp3) is 0. The molecule has 0 aliphatic rings. The van der Waals surface area contributed by atoms with E-state index in [1.165, 1.54) is 30.5 Å². The van der Waals surface area contributed by atoms with E-state index in [0.717, 1.165) is 12.1 Å². The van der Waals surface area contributed by atoms with Crippen molar-refractivity contribution in [1.82, 2.24) is 5.43 Å². The van der Waals surface area contributed by atoms with Gasteiger partial charge < -0.3 is 15.3 Å². The molecule has 0 radical (unpaired) electrons. The number of nitrogens with one attached hydrogen (secondary N) is 1. The lowest BCUT2D eigenvalue weighted by molar-refractivity contribution is 0.0954. The zero-order valence-electron chi connectivity index (χ0n) is 10.6. The molecule has 0 saturated carbocycles. The van der Waals surface area contributed by atoms with E-state index in [4.69, 9.17) is 5.11 Å². The van der Waals surface area contributed by atoms with Crippen LogP contribution in [0.4, 0.5) is 4.39 Å². The van der Waals surface area contributed by atoms with Crippen molar-refractivity contribution in [2.45, 2.75) is 0 Å². The number of halogens is 1. The Balaban J connectivity index is 2.06. The second kappa shape index (κ2) is 5.91. The third-order valence-corrected chi connectivity index (χ3v) is 2.58. The summed E-state index contributed by atoms with van der Waals surface area (Å²) in [4.78, 5) is 11.7. The Morgan fingerprint density at radius 1 is 1.10 bits per heavy atom. The Hall–Kier alpha value is -3.09. The van der Waals surface area contributed by atoms with Crippen molar-refractivity contribution in [1.29, 1.82) is 0 Å². The first-order chi connectivity index (χ1) is 9.97. The summed E-state index contributed by atoms with van der Waals surface area (Å²) in [6, 6.07) is 7.42. The Morgan fingerprint density at radius 3 is 2.24 bits per heavy atom. The number of amides is 1. The van der Waals surface area contributed by atoms with Crippen LogP contribution in [0.5, 0.6) is 17.2 Å². The molecule has 2 aromatic rings. The van der Waals surface area contributed by atoms with Gasteiger partial charge >= 0.3 is 0 Å². The van der Waals surface area contributed by atoms with Gasteiger partial charge in [0.2, 0.25) is 0 Å². The van der Waals surface area contributed by atoms with Gasteiger partial charge in [-0.2, -0.15) is 5.10 Å². The summed E-state index contributed by atoms with van der Waals surface area (Å²) >= 11 is 0. The number of nitrogens with zero attached hydrogens (tertiary/aromatic N) is 1. The van der Waals surface area contributed by atoms with Crippen LogP contribution in [0.2, 0.25) is 0 Å². The molecule has 0 unspecified atom stereocenters. The number of benzene rings is 2. The van der Waals surface area contributed by atoms with Crippen LogP contribution in [0.1, 0.15) is 15.9 Å². The summed E-state index contributed by atoms with van der Waals surface area (Å²) in [7, 11) is 0. The second-order valence-electron chi connectivity index (χ2n) is 4.11. The van der Waals surface area contributed by atoms with E-state index in [1.54, 1.807) is 0 Å². The number of carbonyl (C=O) groups excluding carboxylic acids is 1. The van der Waals surface area contributed by atoms with Crippen molar-refractivity contribution in [2.24, 2.45) is 5.10 Å². The lowest BCUT2D eigenvalue weighted by atomic mass is 10.2. The number of phenols is 3. The fourth-order valence-electron chi connectivity index (χ4n) is 1.51. The summed E-state index contributed by atoms with van der Waals surface area (Å²) < 4.78 is 12.7. The molecular weight excluding hydrogens is 279 g/mol. The molecule has 0 fully saturated rings. The van der Waals surface area contributed by atoms with Crippen molar-refractivity contribution < 1.29 is 24.5 Å². The average molecular weight is 290 g/mol. The summed E-state index contributed by atoms with van der Waals surface area (Å²) in [6.45, 7) is 0. The first-order valence-corrected chi connectivity index (χ1v) is 5.81. The van der Waals surface area contributed by atoms with Crippen LogP contribution in [-0.4, -0.2) is 27.4 Å². The minimum Gasteiger partial charge on any atom is -0.504 e. The third-order valence-electron chi connectivity index (χ3n) is 2.58. The van der Waals surface area contributed by atoms with Gasteiger partial charge in [-0.3, -0.25) is 4.79 Å². The second-order valence-corrected chi connectivity index (χ2v) is 4.11. The van der Waals surface area contributed by atoms with E-state index in [9.17, 15) is 19.4 Å². The molecule has 108 valence electrons. The van der Waals surface area contributed by atoms with Crippen LogP contribution in [0.15, 0.2) is 41.5 Å².